The van der Waals surface area contributed by atoms with Gasteiger partial charge in [0.05, 0.1) is 6.61 Å². The van der Waals surface area contributed by atoms with Crippen LogP contribution in [0.5, 0.6) is 0 Å². The van der Waals surface area contributed by atoms with Crippen molar-refractivity contribution < 1.29 is 24.2 Å². The number of esters is 1. The number of hydrogen-bond acceptors (Lipinski definition) is 6. The Labute approximate surface area is 118 Å². The molecule has 0 saturated carbocycles. The van der Waals surface area contributed by atoms with E-state index < -0.39 is 24.0 Å². The lowest BCUT2D eigenvalue weighted by molar-refractivity contribution is -0.144. The number of carboxylic acid groups (broad SMARTS) is 1. The minimum Gasteiger partial charge on any atom is -0.480 e. The lowest BCUT2D eigenvalue weighted by Gasteiger charge is -2.02. The molecule has 0 aromatic heterocycles. The first-order chi connectivity index (χ1) is 8.22. The van der Waals surface area contributed by atoms with Gasteiger partial charge < -0.3 is 27.0 Å². The predicted octanol–water partition coefficient (Wildman–Crippen LogP) is -1.02. The largest absolute Gasteiger partial charge is 0.480 e. The van der Waals surface area contributed by atoms with Gasteiger partial charge in [0.1, 0.15) is 12.1 Å². The monoisotopic (exact) mass is 299 g/mol. The highest BCUT2D eigenvalue weighted by molar-refractivity contribution is 5.85. The van der Waals surface area contributed by atoms with Gasteiger partial charge >= 0.3 is 11.9 Å². The molecule has 0 radical (unpaired) electrons. The van der Waals surface area contributed by atoms with Crippen molar-refractivity contribution >= 4 is 30.3 Å². The second kappa shape index (κ2) is 13.1. The molecule has 0 aliphatic heterocycles. The van der Waals surface area contributed by atoms with E-state index in [9.17, 15) is 14.4 Å². The maximum atomic E-state index is 10.4. The summed E-state index contributed by atoms with van der Waals surface area (Å²) in [6, 6.07) is -1.47. The Hall–Kier alpha value is -1.38. The Kier molecular flexibility index (Phi) is 15.7. The molecule has 0 aromatic rings. The van der Waals surface area contributed by atoms with Crippen LogP contribution in [0, 0.1) is 0 Å². The highest BCUT2D eigenvalue weighted by Crippen LogP contribution is 1.92. The molecule has 0 aromatic carbocycles. The predicted molar refractivity (Wildman–Crippen MR) is 71.6 cm³/mol. The Bertz CT molecular complexity index is 286. The van der Waals surface area contributed by atoms with Crippen LogP contribution in [-0.2, 0) is 19.1 Å². The number of primary amides is 1. The molecule has 8 nitrogen and oxygen atoms in total. The van der Waals surface area contributed by atoms with E-state index in [2.05, 4.69) is 4.74 Å². The summed E-state index contributed by atoms with van der Waals surface area (Å²) >= 11 is 0. The number of carboxylic acids is 1. The van der Waals surface area contributed by atoms with Crippen molar-refractivity contribution in [2.75, 3.05) is 6.61 Å². The summed E-state index contributed by atoms with van der Waals surface area (Å²) in [7, 11) is 0. The molecule has 0 aliphatic rings. The van der Waals surface area contributed by atoms with Crippen LogP contribution in [0.15, 0.2) is 0 Å². The molecule has 0 saturated heterocycles. The smallest absolute Gasteiger partial charge is 0.322 e. The zero-order valence-electron chi connectivity index (χ0n) is 11.0. The molecular weight excluding hydrogens is 278 g/mol. The van der Waals surface area contributed by atoms with Gasteiger partial charge in [0.15, 0.2) is 0 Å². The Morgan fingerprint density at radius 1 is 1.26 bits per heavy atom. The van der Waals surface area contributed by atoms with Crippen LogP contribution in [0.25, 0.3) is 0 Å². The molecule has 0 aliphatic carbocycles. The SMILES string of the molecule is CCOC(=O)[C@H](C)N.Cl.NC(=O)CC[C@H](N)C(=O)O. The Balaban J connectivity index is -0.000000262. The zero-order chi connectivity index (χ0) is 14.7. The van der Waals surface area contributed by atoms with Crippen molar-refractivity contribution in [1.82, 2.24) is 0 Å². The molecule has 0 heterocycles. The highest BCUT2D eigenvalue weighted by Gasteiger charge is 2.11. The number of amides is 1. The number of nitrogens with two attached hydrogens (primary N) is 3. The first-order valence-corrected chi connectivity index (χ1v) is 5.41. The van der Waals surface area contributed by atoms with Crippen molar-refractivity contribution in [1.29, 1.82) is 0 Å². The van der Waals surface area contributed by atoms with Crippen molar-refractivity contribution in [3.63, 3.8) is 0 Å². The Morgan fingerprint density at radius 2 is 1.74 bits per heavy atom. The van der Waals surface area contributed by atoms with Gasteiger partial charge in [0.2, 0.25) is 5.91 Å². The highest BCUT2D eigenvalue weighted by atomic mass is 35.5. The summed E-state index contributed by atoms with van der Waals surface area (Å²) in [5.74, 6) is -1.98. The fraction of sp³-hybridized carbons (Fsp3) is 0.700. The molecule has 2 atom stereocenters. The number of aliphatic carboxylic acids is 1. The number of carbonyl (C=O) groups is 3. The zero-order valence-corrected chi connectivity index (χ0v) is 11.8. The van der Waals surface area contributed by atoms with Gasteiger partial charge in [-0.1, -0.05) is 0 Å². The third-order valence-corrected chi connectivity index (χ3v) is 1.68. The minimum absolute atomic E-state index is 0. The summed E-state index contributed by atoms with van der Waals surface area (Å²) in [6.07, 6.45) is 0.123. The maximum Gasteiger partial charge on any atom is 0.322 e. The quantitative estimate of drug-likeness (QED) is 0.457. The van der Waals surface area contributed by atoms with E-state index in [0.717, 1.165) is 0 Å². The Morgan fingerprint density at radius 3 is 1.95 bits per heavy atom. The first-order valence-electron chi connectivity index (χ1n) is 5.41. The van der Waals surface area contributed by atoms with Crippen molar-refractivity contribution in [3.05, 3.63) is 0 Å². The average Bonchev–Trinajstić information content (AvgIpc) is 2.26. The molecule has 0 unspecified atom stereocenters. The standard InChI is InChI=1S/C5H10N2O3.C5H11NO2.ClH/c6-3(5(9)10)1-2-4(7)8;1-3-8-5(7)4(2)6;/h3H,1-2,6H2,(H2,7,8)(H,9,10);4H,3,6H2,1-2H3;1H/t3-;4-;/m00./s1. The number of hydrogen-bond donors (Lipinski definition) is 4. The van der Waals surface area contributed by atoms with Crippen LogP contribution in [0.4, 0.5) is 0 Å². The van der Waals surface area contributed by atoms with E-state index >= 15 is 0 Å². The summed E-state index contributed by atoms with van der Waals surface area (Å²) in [4.78, 5) is 30.5. The number of halogens is 1. The fourth-order valence-electron chi connectivity index (χ4n) is 0.695. The molecule has 0 bridgehead atoms. The lowest BCUT2D eigenvalue weighted by Crippen LogP contribution is -2.31. The summed E-state index contributed by atoms with van der Waals surface area (Å²) < 4.78 is 4.54. The third-order valence-electron chi connectivity index (χ3n) is 1.68. The van der Waals surface area contributed by atoms with Crippen LogP contribution in [0.2, 0.25) is 0 Å². The molecule has 114 valence electrons. The van der Waals surface area contributed by atoms with Gasteiger partial charge in [-0.25, -0.2) is 0 Å². The maximum absolute atomic E-state index is 10.4. The molecule has 9 heteroatoms. The number of carbonyl (C=O) groups excluding carboxylic acids is 2. The van der Waals surface area contributed by atoms with Crippen molar-refractivity contribution in [3.8, 4) is 0 Å². The fourth-order valence-corrected chi connectivity index (χ4v) is 0.695. The van der Waals surface area contributed by atoms with E-state index in [4.69, 9.17) is 22.3 Å². The van der Waals surface area contributed by atoms with Crippen molar-refractivity contribution in [2.24, 2.45) is 17.2 Å². The van der Waals surface area contributed by atoms with E-state index in [0.29, 0.717) is 6.61 Å². The van der Waals surface area contributed by atoms with E-state index in [1.54, 1.807) is 13.8 Å². The van der Waals surface area contributed by atoms with Crippen molar-refractivity contribution in [2.45, 2.75) is 38.8 Å². The average molecular weight is 300 g/mol. The second-order valence-electron chi connectivity index (χ2n) is 3.49. The summed E-state index contributed by atoms with van der Waals surface area (Å²) in [5, 5.41) is 8.22. The van der Waals surface area contributed by atoms with Crippen LogP contribution in [0.1, 0.15) is 26.7 Å². The topological polar surface area (TPSA) is 159 Å². The normalized spacial score (nSPS) is 12.0. The van der Waals surface area contributed by atoms with Crippen LogP contribution in [-0.4, -0.2) is 41.6 Å². The molecule has 0 spiro atoms. The number of rotatable bonds is 6. The third kappa shape index (κ3) is 16.6. The van der Waals surface area contributed by atoms with Gasteiger partial charge in [-0.05, 0) is 20.3 Å². The molecular formula is C10H22ClN3O5. The molecule has 7 N–H and O–H groups in total. The van der Waals surface area contributed by atoms with Gasteiger partial charge in [0, 0.05) is 6.42 Å². The minimum atomic E-state index is -1.11. The molecule has 1 amide bonds. The van der Waals surface area contributed by atoms with E-state index in [-0.39, 0.29) is 31.2 Å². The van der Waals surface area contributed by atoms with Gasteiger partial charge in [0.25, 0.3) is 0 Å². The lowest BCUT2D eigenvalue weighted by atomic mass is 10.2. The van der Waals surface area contributed by atoms with Gasteiger partial charge in [-0.2, -0.15) is 0 Å². The molecule has 19 heavy (non-hydrogen) atoms. The first kappa shape index (κ1) is 22.8. The van der Waals surface area contributed by atoms with Gasteiger partial charge in [-0.3, -0.25) is 14.4 Å². The molecule has 0 fully saturated rings. The van der Waals surface area contributed by atoms with Crippen LogP contribution in [0.3, 0.4) is 0 Å². The van der Waals surface area contributed by atoms with E-state index in [1.807, 2.05) is 0 Å². The summed E-state index contributed by atoms with van der Waals surface area (Å²) in [5.41, 5.74) is 15.0. The van der Waals surface area contributed by atoms with Crippen LogP contribution >= 0.6 is 12.4 Å². The van der Waals surface area contributed by atoms with Gasteiger partial charge in [-0.15, -0.1) is 12.4 Å². The number of ether oxygens (including phenoxy) is 1. The van der Waals surface area contributed by atoms with Crippen LogP contribution < -0.4 is 17.2 Å². The molecule has 0 rings (SSSR count). The second-order valence-corrected chi connectivity index (χ2v) is 3.49. The summed E-state index contributed by atoms with van der Waals surface area (Å²) in [6.45, 7) is 3.75. The van der Waals surface area contributed by atoms with E-state index in [1.165, 1.54) is 0 Å².